The van der Waals surface area contributed by atoms with Crippen LogP contribution in [0.25, 0.3) is 10.8 Å². The lowest BCUT2D eigenvalue weighted by Gasteiger charge is -2.24. The summed E-state index contributed by atoms with van der Waals surface area (Å²) in [7, 11) is 0. The molecule has 2 amide bonds. The maximum absolute atomic E-state index is 11.9. The van der Waals surface area contributed by atoms with Gasteiger partial charge in [0.2, 0.25) is 11.8 Å². The summed E-state index contributed by atoms with van der Waals surface area (Å²) in [4.78, 5) is 23.2. The Morgan fingerprint density at radius 1 is 1.09 bits per heavy atom. The Hall–Kier alpha value is -2.36. The molecule has 1 heterocycles. The van der Waals surface area contributed by atoms with Gasteiger partial charge < -0.3 is 5.32 Å². The summed E-state index contributed by atoms with van der Waals surface area (Å²) in [6, 6.07) is 12.0. The Bertz CT molecular complexity index is 737. The van der Waals surface area contributed by atoms with Crippen LogP contribution in [0.3, 0.4) is 0 Å². The van der Waals surface area contributed by atoms with Crippen LogP contribution in [0.4, 0.5) is 5.69 Å². The van der Waals surface area contributed by atoms with Crippen molar-refractivity contribution in [3.8, 4) is 0 Å². The number of nitrogens with one attached hydrogen (secondary N) is 2. The maximum Gasteiger partial charge on any atom is 0.249 e. The largest absolute Gasteiger partial charge is 0.373 e. The van der Waals surface area contributed by atoms with Gasteiger partial charge in [0.05, 0.1) is 0 Å². The van der Waals surface area contributed by atoms with E-state index < -0.39 is 0 Å². The number of anilines is 1. The van der Waals surface area contributed by atoms with E-state index in [-0.39, 0.29) is 17.9 Å². The Morgan fingerprint density at radius 3 is 2.50 bits per heavy atom. The molecule has 1 fully saturated rings. The highest BCUT2D eigenvalue weighted by atomic mass is 16.2. The first-order valence-corrected chi connectivity index (χ1v) is 7.68. The second kappa shape index (κ2) is 5.79. The first-order valence-electron chi connectivity index (χ1n) is 7.68. The van der Waals surface area contributed by atoms with Crippen LogP contribution in [0, 0.1) is 0 Å². The van der Waals surface area contributed by atoms with Gasteiger partial charge >= 0.3 is 0 Å². The molecule has 0 aliphatic carbocycles. The number of benzene rings is 2. The molecule has 1 atom stereocenters. The summed E-state index contributed by atoms with van der Waals surface area (Å²) in [6.45, 7) is 4.35. The lowest BCUT2D eigenvalue weighted by molar-refractivity contribution is -0.133. The number of carbonyl (C=O) groups is 2. The predicted octanol–water partition coefficient (Wildman–Crippen LogP) is 3.18. The fourth-order valence-corrected chi connectivity index (χ4v) is 2.97. The number of rotatable bonds is 3. The number of amides is 2. The standard InChI is InChI=1S/C18H20N2O2/c1-11(2)12-7-8-15(14-6-4-3-5-13(12)14)19-16-9-10-17(21)20-18(16)22/h3-8,11,16,19H,9-10H2,1-2H3,(H,20,21,22). The predicted molar refractivity (Wildman–Crippen MR) is 87.8 cm³/mol. The molecule has 4 nitrogen and oxygen atoms in total. The van der Waals surface area contributed by atoms with Gasteiger partial charge in [-0.3, -0.25) is 14.9 Å². The van der Waals surface area contributed by atoms with Crippen molar-refractivity contribution < 1.29 is 9.59 Å². The van der Waals surface area contributed by atoms with Crippen LogP contribution >= 0.6 is 0 Å². The van der Waals surface area contributed by atoms with Crippen LogP contribution in [0.2, 0.25) is 0 Å². The number of hydrogen-bond acceptors (Lipinski definition) is 3. The van der Waals surface area contributed by atoms with E-state index in [2.05, 4.69) is 42.7 Å². The Kier molecular flexibility index (Phi) is 3.84. The highest BCUT2D eigenvalue weighted by molar-refractivity contribution is 6.03. The molecule has 2 aromatic carbocycles. The molecule has 0 spiro atoms. The average Bonchev–Trinajstić information content (AvgIpc) is 2.50. The smallest absolute Gasteiger partial charge is 0.249 e. The average molecular weight is 296 g/mol. The third-order valence-corrected chi connectivity index (χ3v) is 4.15. The van der Waals surface area contributed by atoms with E-state index in [1.165, 1.54) is 10.9 Å². The molecule has 0 aromatic heterocycles. The molecule has 4 heteroatoms. The summed E-state index contributed by atoms with van der Waals surface area (Å²) in [6.07, 6.45) is 0.913. The van der Waals surface area contributed by atoms with Gasteiger partial charge in [-0.15, -0.1) is 0 Å². The van der Waals surface area contributed by atoms with E-state index in [9.17, 15) is 9.59 Å². The fourth-order valence-electron chi connectivity index (χ4n) is 2.97. The van der Waals surface area contributed by atoms with Gasteiger partial charge in [0, 0.05) is 17.5 Å². The van der Waals surface area contributed by atoms with Crippen LogP contribution in [-0.4, -0.2) is 17.9 Å². The van der Waals surface area contributed by atoms with E-state index in [1.54, 1.807) is 0 Å². The van der Waals surface area contributed by atoms with Gasteiger partial charge in [-0.1, -0.05) is 44.2 Å². The molecular formula is C18H20N2O2. The molecule has 0 saturated carbocycles. The molecule has 2 aromatic rings. The molecule has 2 N–H and O–H groups in total. The highest BCUT2D eigenvalue weighted by Crippen LogP contribution is 2.31. The zero-order chi connectivity index (χ0) is 15.7. The monoisotopic (exact) mass is 296 g/mol. The topological polar surface area (TPSA) is 58.2 Å². The van der Waals surface area contributed by atoms with Gasteiger partial charge in [0.1, 0.15) is 6.04 Å². The second-order valence-corrected chi connectivity index (χ2v) is 6.05. The molecule has 3 rings (SSSR count). The van der Waals surface area contributed by atoms with Gasteiger partial charge in [0.15, 0.2) is 0 Å². The first kappa shape index (κ1) is 14.6. The molecular weight excluding hydrogens is 276 g/mol. The number of carbonyl (C=O) groups excluding carboxylic acids is 2. The van der Waals surface area contributed by atoms with E-state index in [1.807, 2.05) is 18.2 Å². The highest BCUT2D eigenvalue weighted by Gasteiger charge is 2.26. The summed E-state index contributed by atoms with van der Waals surface area (Å²) in [5.41, 5.74) is 2.24. The number of imide groups is 1. The lowest BCUT2D eigenvalue weighted by atomic mass is 9.94. The minimum absolute atomic E-state index is 0.192. The minimum atomic E-state index is -0.356. The number of piperidine rings is 1. The van der Waals surface area contributed by atoms with E-state index >= 15 is 0 Å². The first-order chi connectivity index (χ1) is 10.6. The third kappa shape index (κ3) is 2.69. The van der Waals surface area contributed by atoms with Crippen molar-refractivity contribution in [3.63, 3.8) is 0 Å². The Labute approximate surface area is 129 Å². The second-order valence-electron chi connectivity index (χ2n) is 6.05. The van der Waals surface area contributed by atoms with Crippen molar-refractivity contribution in [2.45, 2.75) is 38.6 Å². The van der Waals surface area contributed by atoms with Crippen molar-refractivity contribution in [3.05, 3.63) is 42.0 Å². The third-order valence-electron chi connectivity index (χ3n) is 4.15. The molecule has 1 unspecified atom stereocenters. The van der Waals surface area contributed by atoms with Crippen LogP contribution in [-0.2, 0) is 9.59 Å². The number of hydrogen-bond donors (Lipinski definition) is 2. The van der Waals surface area contributed by atoms with Crippen molar-refractivity contribution >= 4 is 28.3 Å². The van der Waals surface area contributed by atoms with Gasteiger partial charge in [0.25, 0.3) is 0 Å². The van der Waals surface area contributed by atoms with E-state index in [0.29, 0.717) is 18.8 Å². The lowest BCUT2D eigenvalue weighted by Crippen LogP contribution is -2.47. The van der Waals surface area contributed by atoms with Crippen molar-refractivity contribution in [2.75, 3.05) is 5.32 Å². The normalized spacial score (nSPS) is 18.6. The Morgan fingerprint density at radius 2 is 1.82 bits per heavy atom. The fraction of sp³-hybridized carbons (Fsp3) is 0.333. The minimum Gasteiger partial charge on any atom is -0.373 e. The molecule has 114 valence electrons. The van der Waals surface area contributed by atoms with Crippen LogP contribution in [0.5, 0.6) is 0 Å². The molecule has 1 aliphatic heterocycles. The number of fused-ring (bicyclic) bond motifs is 1. The Balaban J connectivity index is 1.96. The van der Waals surface area contributed by atoms with Crippen LogP contribution < -0.4 is 10.6 Å². The van der Waals surface area contributed by atoms with Crippen LogP contribution in [0.1, 0.15) is 38.2 Å². The molecule has 1 saturated heterocycles. The van der Waals surface area contributed by atoms with Crippen molar-refractivity contribution in [1.82, 2.24) is 5.32 Å². The van der Waals surface area contributed by atoms with E-state index in [0.717, 1.165) is 11.1 Å². The van der Waals surface area contributed by atoms with Gasteiger partial charge in [-0.05, 0) is 29.4 Å². The zero-order valence-electron chi connectivity index (χ0n) is 12.8. The van der Waals surface area contributed by atoms with Gasteiger partial charge in [-0.25, -0.2) is 0 Å². The molecule has 1 aliphatic rings. The van der Waals surface area contributed by atoms with Crippen molar-refractivity contribution in [2.24, 2.45) is 0 Å². The maximum atomic E-state index is 11.9. The van der Waals surface area contributed by atoms with Gasteiger partial charge in [-0.2, -0.15) is 0 Å². The molecule has 22 heavy (non-hydrogen) atoms. The van der Waals surface area contributed by atoms with Crippen molar-refractivity contribution in [1.29, 1.82) is 0 Å². The summed E-state index contributed by atoms with van der Waals surface area (Å²) >= 11 is 0. The SMILES string of the molecule is CC(C)c1ccc(NC2CCC(=O)NC2=O)c2ccccc12. The quantitative estimate of drug-likeness (QED) is 0.855. The molecule has 0 radical (unpaired) electrons. The summed E-state index contributed by atoms with van der Waals surface area (Å²) < 4.78 is 0. The zero-order valence-corrected chi connectivity index (χ0v) is 12.8. The van der Waals surface area contributed by atoms with Crippen LogP contribution in [0.15, 0.2) is 36.4 Å². The summed E-state index contributed by atoms with van der Waals surface area (Å²) in [5.74, 6) is 0.00545. The van der Waals surface area contributed by atoms with E-state index in [4.69, 9.17) is 0 Å². The molecule has 0 bridgehead atoms. The summed E-state index contributed by atoms with van der Waals surface area (Å²) in [5, 5.41) is 8.00.